The largest absolute Gasteiger partial charge is 0.338 e. The summed E-state index contributed by atoms with van der Waals surface area (Å²) in [7, 11) is 1.80. The number of hydrogen-bond donors (Lipinski definition) is 1. The van der Waals surface area contributed by atoms with Gasteiger partial charge in [0.05, 0.1) is 18.2 Å². The molecule has 1 aromatic heterocycles. The maximum absolute atomic E-state index is 12.0. The molecule has 19 heavy (non-hydrogen) atoms. The summed E-state index contributed by atoms with van der Waals surface area (Å²) in [6.07, 6.45) is 5.90. The fraction of sp³-hybridized carbons (Fsp3) is 0.615. The fourth-order valence-corrected chi connectivity index (χ4v) is 2.36. The maximum Gasteiger partial charge on any atom is 0.324 e. The molecule has 1 saturated carbocycles. The topological polar surface area (TPSA) is 82.2 Å². The number of rotatable bonds is 3. The Balaban J connectivity index is 1.90. The molecule has 0 atom stereocenters. The summed E-state index contributed by atoms with van der Waals surface area (Å²) in [5, 5.41) is 14.9. The number of amides is 2. The summed E-state index contributed by atoms with van der Waals surface area (Å²) in [6.45, 7) is 0. The van der Waals surface area contributed by atoms with Crippen LogP contribution in [0.4, 0.5) is 10.7 Å². The van der Waals surface area contributed by atoms with Crippen molar-refractivity contribution in [3.8, 4) is 6.07 Å². The Morgan fingerprint density at radius 1 is 1.58 bits per heavy atom. The average Bonchev–Trinajstić information content (AvgIpc) is 2.86. The third-order valence-electron chi connectivity index (χ3n) is 3.49. The van der Waals surface area contributed by atoms with E-state index in [1.807, 2.05) is 6.07 Å². The van der Waals surface area contributed by atoms with Crippen molar-refractivity contribution in [3.63, 3.8) is 0 Å². The van der Waals surface area contributed by atoms with Crippen LogP contribution in [0, 0.1) is 11.3 Å². The van der Waals surface area contributed by atoms with Crippen LogP contribution in [0.25, 0.3) is 0 Å². The van der Waals surface area contributed by atoms with Gasteiger partial charge < -0.3 is 9.42 Å². The van der Waals surface area contributed by atoms with Gasteiger partial charge in [-0.05, 0) is 12.8 Å². The molecule has 6 heteroatoms. The molecule has 0 saturated heterocycles. The highest BCUT2D eigenvalue weighted by Gasteiger charge is 2.22. The molecular weight excluding hydrogens is 244 g/mol. The Labute approximate surface area is 112 Å². The highest BCUT2D eigenvalue weighted by atomic mass is 16.5. The quantitative estimate of drug-likeness (QED) is 0.907. The second-order valence-corrected chi connectivity index (χ2v) is 4.85. The number of nitrogens with one attached hydrogen (secondary N) is 1. The molecule has 1 aromatic rings. The summed E-state index contributed by atoms with van der Waals surface area (Å²) >= 11 is 0. The van der Waals surface area contributed by atoms with Crippen LogP contribution in [0.2, 0.25) is 0 Å². The molecule has 1 fully saturated rings. The van der Waals surface area contributed by atoms with Gasteiger partial charge in [0.2, 0.25) is 5.88 Å². The Morgan fingerprint density at radius 3 is 3.00 bits per heavy atom. The first-order chi connectivity index (χ1) is 9.20. The monoisotopic (exact) mass is 262 g/mol. The number of nitrogens with zero attached hydrogens (tertiary/aromatic N) is 3. The van der Waals surface area contributed by atoms with Crippen LogP contribution in [-0.4, -0.2) is 29.2 Å². The van der Waals surface area contributed by atoms with E-state index in [2.05, 4.69) is 10.5 Å². The van der Waals surface area contributed by atoms with E-state index in [9.17, 15) is 4.79 Å². The van der Waals surface area contributed by atoms with Crippen LogP contribution in [0.1, 0.15) is 37.8 Å². The predicted octanol–water partition coefficient (Wildman–Crippen LogP) is 2.54. The molecule has 0 bridgehead atoms. The molecule has 2 amide bonds. The first-order valence-electron chi connectivity index (χ1n) is 6.57. The van der Waals surface area contributed by atoms with Crippen molar-refractivity contribution in [2.45, 2.75) is 44.6 Å². The molecule has 1 N–H and O–H groups in total. The van der Waals surface area contributed by atoms with Crippen molar-refractivity contribution >= 4 is 11.9 Å². The molecule has 1 aliphatic carbocycles. The third-order valence-corrected chi connectivity index (χ3v) is 3.49. The molecule has 0 aliphatic heterocycles. The minimum absolute atomic E-state index is 0.178. The van der Waals surface area contributed by atoms with E-state index in [-0.39, 0.29) is 18.3 Å². The van der Waals surface area contributed by atoms with Crippen molar-refractivity contribution in [3.05, 3.63) is 11.8 Å². The molecule has 0 spiro atoms. The summed E-state index contributed by atoms with van der Waals surface area (Å²) < 4.78 is 4.97. The SMILES string of the molecule is CN(C(=O)Nc1cc(CC#N)no1)C1CCCCC1. The summed E-state index contributed by atoms with van der Waals surface area (Å²) in [4.78, 5) is 13.8. The minimum atomic E-state index is -0.188. The Hall–Kier alpha value is -2.03. The molecule has 0 unspecified atom stereocenters. The number of hydrogen-bond acceptors (Lipinski definition) is 4. The lowest BCUT2D eigenvalue weighted by Gasteiger charge is -2.30. The van der Waals surface area contributed by atoms with E-state index in [1.54, 1.807) is 18.0 Å². The maximum atomic E-state index is 12.0. The lowest BCUT2D eigenvalue weighted by atomic mass is 9.95. The normalized spacial score (nSPS) is 15.8. The van der Waals surface area contributed by atoms with Gasteiger partial charge in [0.25, 0.3) is 0 Å². The average molecular weight is 262 g/mol. The fourth-order valence-electron chi connectivity index (χ4n) is 2.36. The predicted molar refractivity (Wildman–Crippen MR) is 69.5 cm³/mol. The van der Waals surface area contributed by atoms with Gasteiger partial charge in [0.15, 0.2) is 0 Å². The van der Waals surface area contributed by atoms with Gasteiger partial charge in [-0.1, -0.05) is 24.4 Å². The van der Waals surface area contributed by atoms with E-state index in [0.717, 1.165) is 12.8 Å². The zero-order chi connectivity index (χ0) is 13.7. The Bertz CT molecular complexity index is 471. The summed E-state index contributed by atoms with van der Waals surface area (Å²) in [6, 6.07) is 3.67. The van der Waals surface area contributed by atoms with Crippen LogP contribution in [0.5, 0.6) is 0 Å². The van der Waals surface area contributed by atoms with Crippen molar-refractivity contribution in [2.24, 2.45) is 0 Å². The van der Waals surface area contributed by atoms with E-state index in [0.29, 0.717) is 11.7 Å². The molecule has 102 valence electrons. The smallest absolute Gasteiger partial charge is 0.324 e. The second kappa shape index (κ2) is 6.23. The summed E-state index contributed by atoms with van der Waals surface area (Å²) in [5.74, 6) is 0.290. The van der Waals surface area contributed by atoms with Crippen molar-refractivity contribution in [1.82, 2.24) is 10.1 Å². The molecule has 1 heterocycles. The summed E-state index contributed by atoms with van der Waals surface area (Å²) in [5.41, 5.74) is 0.526. The molecule has 1 aliphatic rings. The van der Waals surface area contributed by atoms with Crippen LogP contribution in [-0.2, 0) is 6.42 Å². The second-order valence-electron chi connectivity index (χ2n) is 4.85. The van der Waals surface area contributed by atoms with Crippen LogP contribution in [0.3, 0.4) is 0 Å². The van der Waals surface area contributed by atoms with Gasteiger partial charge in [-0.2, -0.15) is 5.26 Å². The zero-order valence-electron chi connectivity index (χ0n) is 11.1. The number of nitriles is 1. The molecule has 2 rings (SSSR count). The number of urea groups is 1. The van der Waals surface area contributed by atoms with Crippen molar-refractivity contribution in [1.29, 1.82) is 5.26 Å². The molecule has 0 radical (unpaired) electrons. The van der Waals surface area contributed by atoms with Gasteiger partial charge in [-0.15, -0.1) is 0 Å². The number of anilines is 1. The van der Waals surface area contributed by atoms with Gasteiger partial charge in [0, 0.05) is 19.2 Å². The number of aromatic nitrogens is 1. The lowest BCUT2D eigenvalue weighted by Crippen LogP contribution is -2.40. The third kappa shape index (κ3) is 3.47. The van der Waals surface area contributed by atoms with E-state index < -0.39 is 0 Å². The van der Waals surface area contributed by atoms with E-state index in [1.165, 1.54) is 19.3 Å². The Morgan fingerprint density at radius 2 is 2.32 bits per heavy atom. The molecule has 0 aromatic carbocycles. The van der Waals surface area contributed by atoms with Crippen molar-refractivity contribution < 1.29 is 9.32 Å². The standard InChI is InChI=1S/C13H18N4O2/c1-17(11-5-3-2-4-6-11)13(18)15-12-9-10(7-8-14)16-19-12/h9,11H,2-7H2,1H3,(H,15,18). The minimum Gasteiger partial charge on any atom is -0.338 e. The van der Waals surface area contributed by atoms with Crippen LogP contribution in [0.15, 0.2) is 10.6 Å². The van der Waals surface area contributed by atoms with Gasteiger partial charge in [-0.25, -0.2) is 4.79 Å². The highest BCUT2D eigenvalue weighted by Crippen LogP contribution is 2.22. The van der Waals surface area contributed by atoms with Gasteiger partial charge >= 0.3 is 6.03 Å². The van der Waals surface area contributed by atoms with Crippen LogP contribution >= 0.6 is 0 Å². The number of carbonyl (C=O) groups excluding carboxylic acids is 1. The van der Waals surface area contributed by atoms with Crippen LogP contribution < -0.4 is 5.32 Å². The van der Waals surface area contributed by atoms with E-state index >= 15 is 0 Å². The van der Waals surface area contributed by atoms with Gasteiger partial charge in [0.1, 0.15) is 0 Å². The van der Waals surface area contributed by atoms with Gasteiger partial charge in [-0.3, -0.25) is 5.32 Å². The Kier molecular flexibility index (Phi) is 4.39. The molecule has 6 nitrogen and oxygen atoms in total. The molecular formula is C13H18N4O2. The lowest BCUT2D eigenvalue weighted by molar-refractivity contribution is 0.185. The first kappa shape index (κ1) is 13.4. The van der Waals surface area contributed by atoms with Crippen molar-refractivity contribution in [2.75, 3.05) is 12.4 Å². The van der Waals surface area contributed by atoms with E-state index in [4.69, 9.17) is 9.78 Å². The highest BCUT2D eigenvalue weighted by molar-refractivity contribution is 5.87. The first-order valence-corrected chi connectivity index (χ1v) is 6.57. The zero-order valence-corrected chi connectivity index (χ0v) is 11.1. The number of carbonyl (C=O) groups is 1.